The SMILES string of the molecule is COc1ccc(-n2c(=O)c3c(C)c(C)sc3n(Cc3cc(=O)n4ccccc4n3)c2=O)c(OC)c1. The Bertz CT molecular complexity index is 1790. The van der Waals surface area contributed by atoms with Crippen LogP contribution in [-0.2, 0) is 6.54 Å². The number of rotatable bonds is 5. The molecule has 35 heavy (non-hydrogen) atoms. The van der Waals surface area contributed by atoms with Crippen molar-refractivity contribution in [3.05, 3.63) is 96.0 Å². The van der Waals surface area contributed by atoms with Crippen molar-refractivity contribution in [2.75, 3.05) is 14.2 Å². The molecule has 0 bridgehead atoms. The number of hydrogen-bond acceptors (Lipinski definition) is 7. The molecule has 4 aromatic heterocycles. The molecule has 0 aliphatic carbocycles. The van der Waals surface area contributed by atoms with Gasteiger partial charge in [0.25, 0.3) is 11.1 Å². The van der Waals surface area contributed by atoms with E-state index >= 15 is 0 Å². The van der Waals surface area contributed by atoms with Gasteiger partial charge in [0.2, 0.25) is 0 Å². The van der Waals surface area contributed by atoms with Crippen molar-refractivity contribution in [3.8, 4) is 17.2 Å². The van der Waals surface area contributed by atoms with Gasteiger partial charge in [-0.05, 0) is 43.7 Å². The summed E-state index contributed by atoms with van der Waals surface area (Å²) in [6.07, 6.45) is 1.64. The molecule has 9 nitrogen and oxygen atoms in total. The first-order valence-electron chi connectivity index (χ1n) is 10.8. The van der Waals surface area contributed by atoms with E-state index in [4.69, 9.17) is 9.47 Å². The van der Waals surface area contributed by atoms with Crippen LogP contribution in [0, 0.1) is 13.8 Å². The average Bonchev–Trinajstić information content (AvgIpc) is 3.16. The Morgan fingerprint density at radius 1 is 1.00 bits per heavy atom. The molecule has 4 heterocycles. The highest BCUT2D eigenvalue weighted by Crippen LogP contribution is 2.30. The Balaban J connectivity index is 1.81. The molecule has 1 aromatic carbocycles. The summed E-state index contributed by atoms with van der Waals surface area (Å²) in [5.41, 5.74) is 0.757. The van der Waals surface area contributed by atoms with Crippen molar-refractivity contribution in [1.29, 1.82) is 0 Å². The van der Waals surface area contributed by atoms with Gasteiger partial charge in [-0.2, -0.15) is 0 Å². The molecule has 0 N–H and O–H groups in total. The third kappa shape index (κ3) is 3.62. The van der Waals surface area contributed by atoms with Gasteiger partial charge in [0.05, 0.1) is 37.5 Å². The molecule has 0 unspecified atom stereocenters. The summed E-state index contributed by atoms with van der Waals surface area (Å²) < 4.78 is 14.8. The number of aromatic nitrogens is 4. The minimum atomic E-state index is -0.553. The first-order chi connectivity index (χ1) is 16.8. The van der Waals surface area contributed by atoms with Gasteiger partial charge in [-0.25, -0.2) is 14.3 Å². The van der Waals surface area contributed by atoms with Crippen molar-refractivity contribution < 1.29 is 9.47 Å². The van der Waals surface area contributed by atoms with Crippen LogP contribution in [0.15, 0.2) is 63.0 Å². The van der Waals surface area contributed by atoms with E-state index in [1.165, 1.54) is 40.6 Å². The van der Waals surface area contributed by atoms with Crippen molar-refractivity contribution in [2.24, 2.45) is 0 Å². The third-order valence-corrected chi connectivity index (χ3v) is 7.25. The molecule has 0 fully saturated rings. The molecule has 0 radical (unpaired) electrons. The van der Waals surface area contributed by atoms with Gasteiger partial charge in [0.1, 0.15) is 22.0 Å². The van der Waals surface area contributed by atoms with E-state index in [0.29, 0.717) is 38.7 Å². The van der Waals surface area contributed by atoms with Gasteiger partial charge in [0.15, 0.2) is 0 Å². The summed E-state index contributed by atoms with van der Waals surface area (Å²) in [5, 5.41) is 0.447. The molecule has 0 aliphatic rings. The Labute approximate surface area is 203 Å². The summed E-state index contributed by atoms with van der Waals surface area (Å²) in [4.78, 5) is 46.1. The van der Waals surface area contributed by atoms with Crippen LogP contribution in [0.3, 0.4) is 0 Å². The largest absolute Gasteiger partial charge is 0.497 e. The number of aryl methyl sites for hydroxylation is 2. The second kappa shape index (κ2) is 8.55. The van der Waals surface area contributed by atoms with Crippen molar-refractivity contribution in [3.63, 3.8) is 0 Å². The quantitative estimate of drug-likeness (QED) is 0.376. The number of hydrogen-bond donors (Lipinski definition) is 0. The van der Waals surface area contributed by atoms with E-state index in [1.807, 2.05) is 13.8 Å². The molecule has 0 amide bonds. The van der Waals surface area contributed by atoms with E-state index in [2.05, 4.69) is 4.98 Å². The maximum Gasteiger partial charge on any atom is 0.337 e. The van der Waals surface area contributed by atoms with Crippen LogP contribution in [0.25, 0.3) is 21.6 Å². The van der Waals surface area contributed by atoms with Gasteiger partial charge in [0, 0.05) is 23.2 Å². The number of benzene rings is 1. The second-order valence-corrected chi connectivity index (χ2v) is 9.23. The highest BCUT2D eigenvalue weighted by atomic mass is 32.1. The zero-order valence-electron chi connectivity index (χ0n) is 19.6. The fourth-order valence-electron chi connectivity index (χ4n) is 4.12. The van der Waals surface area contributed by atoms with E-state index in [-0.39, 0.29) is 12.1 Å². The summed E-state index contributed by atoms with van der Waals surface area (Å²) in [6, 6.07) is 11.6. The minimum absolute atomic E-state index is 0.0219. The monoisotopic (exact) mass is 490 g/mol. The lowest BCUT2D eigenvalue weighted by Gasteiger charge is -2.15. The first-order valence-corrected chi connectivity index (χ1v) is 11.6. The highest BCUT2D eigenvalue weighted by Gasteiger charge is 2.22. The van der Waals surface area contributed by atoms with E-state index in [9.17, 15) is 14.4 Å². The lowest BCUT2D eigenvalue weighted by atomic mass is 10.2. The summed E-state index contributed by atoms with van der Waals surface area (Å²) in [7, 11) is 2.99. The highest BCUT2D eigenvalue weighted by molar-refractivity contribution is 7.18. The summed E-state index contributed by atoms with van der Waals surface area (Å²) in [6.45, 7) is 3.79. The van der Waals surface area contributed by atoms with Crippen molar-refractivity contribution in [1.82, 2.24) is 18.5 Å². The van der Waals surface area contributed by atoms with Crippen LogP contribution in [0.5, 0.6) is 11.5 Å². The van der Waals surface area contributed by atoms with Gasteiger partial charge in [-0.1, -0.05) is 6.07 Å². The maximum absolute atomic E-state index is 13.8. The van der Waals surface area contributed by atoms with Crippen LogP contribution < -0.4 is 26.3 Å². The van der Waals surface area contributed by atoms with Crippen LogP contribution in [-0.4, -0.2) is 32.7 Å². The maximum atomic E-state index is 13.8. The molecule has 5 aromatic rings. The Kier molecular flexibility index (Phi) is 5.52. The normalized spacial score (nSPS) is 11.3. The van der Waals surface area contributed by atoms with Crippen LogP contribution in [0.2, 0.25) is 0 Å². The first kappa shape index (κ1) is 22.6. The molecule has 0 spiro atoms. The predicted octanol–water partition coefficient (Wildman–Crippen LogP) is 2.90. The Hall–Kier alpha value is -4.18. The number of ether oxygens (including phenoxy) is 2. The van der Waals surface area contributed by atoms with Crippen molar-refractivity contribution >= 4 is 27.2 Å². The molecule has 0 saturated carbocycles. The Morgan fingerprint density at radius 3 is 2.54 bits per heavy atom. The molecule has 0 atom stereocenters. The van der Waals surface area contributed by atoms with Gasteiger partial charge >= 0.3 is 5.69 Å². The number of nitrogens with zero attached hydrogens (tertiary/aromatic N) is 4. The minimum Gasteiger partial charge on any atom is -0.497 e. The van der Waals surface area contributed by atoms with E-state index in [1.54, 1.807) is 42.6 Å². The van der Waals surface area contributed by atoms with Crippen LogP contribution in [0.1, 0.15) is 16.1 Å². The van der Waals surface area contributed by atoms with Gasteiger partial charge in [-0.15, -0.1) is 11.3 Å². The predicted molar refractivity (Wildman–Crippen MR) is 135 cm³/mol. The number of pyridine rings is 1. The summed E-state index contributed by atoms with van der Waals surface area (Å²) in [5.74, 6) is 0.851. The molecular formula is C25H22N4O5S. The topological polar surface area (TPSA) is 96.8 Å². The molecule has 0 saturated heterocycles. The Morgan fingerprint density at radius 2 is 1.80 bits per heavy atom. The fraction of sp³-hybridized carbons (Fsp3) is 0.200. The summed E-state index contributed by atoms with van der Waals surface area (Å²) >= 11 is 1.37. The average molecular weight is 491 g/mol. The zero-order valence-corrected chi connectivity index (χ0v) is 20.4. The number of methoxy groups -OCH3 is 2. The third-order valence-electron chi connectivity index (χ3n) is 6.02. The van der Waals surface area contributed by atoms with E-state index < -0.39 is 11.2 Å². The van der Waals surface area contributed by atoms with Crippen LogP contribution in [0.4, 0.5) is 0 Å². The molecule has 10 heteroatoms. The molecule has 178 valence electrons. The van der Waals surface area contributed by atoms with Gasteiger partial charge in [-0.3, -0.25) is 18.6 Å². The number of fused-ring (bicyclic) bond motifs is 2. The number of thiophene rings is 1. The molecule has 0 aliphatic heterocycles. The lowest BCUT2D eigenvalue weighted by molar-refractivity contribution is 0.392. The fourth-order valence-corrected chi connectivity index (χ4v) is 5.27. The molecular weight excluding hydrogens is 468 g/mol. The van der Waals surface area contributed by atoms with Crippen LogP contribution >= 0.6 is 11.3 Å². The second-order valence-electron chi connectivity index (χ2n) is 8.03. The van der Waals surface area contributed by atoms with Crippen molar-refractivity contribution in [2.45, 2.75) is 20.4 Å². The smallest absolute Gasteiger partial charge is 0.337 e. The zero-order chi connectivity index (χ0) is 24.9. The van der Waals surface area contributed by atoms with Gasteiger partial charge < -0.3 is 9.47 Å². The lowest BCUT2D eigenvalue weighted by Crippen LogP contribution is -2.39. The van der Waals surface area contributed by atoms with E-state index in [0.717, 1.165) is 15.0 Å². The standard InChI is InChI=1S/C25H22N4O5S/c1-14-15(2)35-24-22(14)23(31)29(18-9-8-17(33-3)12-19(18)34-4)25(32)28(24)13-16-11-21(30)27-10-6-5-7-20(27)26-16/h5-12H,13H2,1-4H3. The molecule has 5 rings (SSSR count).